The van der Waals surface area contributed by atoms with Gasteiger partial charge in [0.25, 0.3) is 0 Å². The number of carboxylic acids is 3. The van der Waals surface area contributed by atoms with Crippen molar-refractivity contribution in [1.29, 1.82) is 0 Å². The molecule has 0 rings (SSSR count). The fourth-order valence-corrected chi connectivity index (χ4v) is 7.90. The molecular formula is C48H84N4O17S. The van der Waals surface area contributed by atoms with Crippen LogP contribution in [0.1, 0.15) is 142 Å². The van der Waals surface area contributed by atoms with Crippen LogP contribution in [0.4, 0.5) is 0 Å². The van der Waals surface area contributed by atoms with Gasteiger partial charge in [-0.05, 0) is 38.5 Å². The average molecular weight is 1020 g/mol. The van der Waals surface area contributed by atoms with Gasteiger partial charge in [-0.2, -0.15) is 11.8 Å². The lowest BCUT2D eigenvalue weighted by atomic mass is 9.95. The molecule has 1 unspecified atom stereocenters. The third kappa shape index (κ3) is 41.6. The lowest BCUT2D eigenvalue weighted by molar-refractivity contribution is -0.144. The molecule has 0 aliphatic rings. The Morgan fingerprint density at radius 1 is 0.486 bits per heavy atom. The Labute approximate surface area is 417 Å². The SMILES string of the molecule is CC[C@@H](CSCC(=O)NCCNC(=O)COCCOCCNC(=O)COCCOCCCC(=O)CCC(NC(=O)CCCCCCCCCCCCCCC(=O)O)C(=O)O)C(=O)CC[C@@H](CO)C(=O)O. The monoisotopic (exact) mass is 1020 g/mol. The number of aliphatic carboxylic acids is 3. The molecule has 0 radical (unpaired) electrons. The fraction of sp³-hybridized carbons (Fsp3) is 0.812. The highest BCUT2D eigenvalue weighted by molar-refractivity contribution is 7.99. The van der Waals surface area contributed by atoms with Crippen molar-refractivity contribution in [1.82, 2.24) is 21.3 Å². The highest BCUT2D eigenvalue weighted by Crippen LogP contribution is 2.18. The molecule has 0 bridgehead atoms. The Kier molecular flexibility index (Phi) is 43.1. The van der Waals surface area contributed by atoms with Gasteiger partial charge in [0.05, 0.1) is 51.3 Å². The lowest BCUT2D eigenvalue weighted by Crippen LogP contribution is -2.41. The highest BCUT2D eigenvalue weighted by atomic mass is 32.2. The average Bonchev–Trinajstić information content (AvgIpc) is 3.32. The molecule has 0 aromatic rings. The standard InChI is InChI=1S/C48H84N4O17S/c1-2-37(41(55)22-19-38(32-53)47(62)63)35-70-36-45(59)50-24-23-49-43(57)33-69-31-29-67-27-25-51-44(58)34-68-30-28-66-26-15-16-39(54)20-21-40(48(64)65)52-42(56)17-13-11-9-7-5-3-4-6-8-10-12-14-18-46(60)61/h37-38,40,53H,2-36H2,1H3,(H,49,57)(H,50,59)(H,51,58)(H,52,56)(H,60,61)(H,62,63)(H,64,65)/t37-,38-,40?/m0/s1. The predicted octanol–water partition coefficient (Wildman–Crippen LogP) is 3.45. The summed E-state index contributed by atoms with van der Waals surface area (Å²) in [6, 6.07) is -1.12. The first-order chi connectivity index (χ1) is 33.7. The Morgan fingerprint density at radius 2 is 1.00 bits per heavy atom. The van der Waals surface area contributed by atoms with Crippen LogP contribution in [0.25, 0.3) is 0 Å². The third-order valence-electron chi connectivity index (χ3n) is 11.0. The topological polar surface area (TPSA) is 320 Å². The van der Waals surface area contributed by atoms with Gasteiger partial charge >= 0.3 is 17.9 Å². The summed E-state index contributed by atoms with van der Waals surface area (Å²) in [6.07, 6.45) is 14.1. The summed E-state index contributed by atoms with van der Waals surface area (Å²) in [5.74, 6) is -5.31. The van der Waals surface area contributed by atoms with Crippen molar-refractivity contribution < 1.29 is 82.5 Å². The van der Waals surface area contributed by atoms with E-state index in [2.05, 4.69) is 21.3 Å². The van der Waals surface area contributed by atoms with Gasteiger partial charge in [-0.15, -0.1) is 0 Å². The number of nitrogens with one attached hydrogen (secondary N) is 4. The maximum absolute atomic E-state index is 12.4. The number of Topliss-reactive ketones (excluding diaryl/α,β-unsaturated/α-hetero) is 2. The van der Waals surface area contributed by atoms with Crippen molar-refractivity contribution in [2.45, 2.75) is 148 Å². The molecule has 4 amide bonds. The van der Waals surface area contributed by atoms with Crippen molar-refractivity contribution in [2.75, 3.05) is 90.6 Å². The Balaban J connectivity index is 3.73. The van der Waals surface area contributed by atoms with E-state index in [1.54, 1.807) is 0 Å². The molecule has 0 saturated heterocycles. The highest BCUT2D eigenvalue weighted by Gasteiger charge is 2.23. The van der Waals surface area contributed by atoms with Crippen LogP contribution < -0.4 is 21.3 Å². The van der Waals surface area contributed by atoms with Crippen molar-refractivity contribution in [2.24, 2.45) is 11.8 Å². The number of thioether (sulfide) groups is 1. The molecule has 0 heterocycles. The number of carbonyl (C=O) groups excluding carboxylic acids is 6. The molecular weight excluding hydrogens is 937 g/mol. The third-order valence-corrected chi connectivity index (χ3v) is 12.1. The summed E-state index contributed by atoms with van der Waals surface area (Å²) in [5, 5.41) is 46.8. The first-order valence-corrected chi connectivity index (χ1v) is 26.2. The van der Waals surface area contributed by atoms with Crippen molar-refractivity contribution in [3.63, 3.8) is 0 Å². The molecule has 0 spiro atoms. The van der Waals surface area contributed by atoms with Crippen LogP contribution in [0.5, 0.6) is 0 Å². The smallest absolute Gasteiger partial charge is 0.326 e. The van der Waals surface area contributed by atoms with Crippen molar-refractivity contribution in [3.05, 3.63) is 0 Å². The van der Waals surface area contributed by atoms with E-state index in [1.807, 2.05) is 6.92 Å². The van der Waals surface area contributed by atoms with E-state index in [0.717, 1.165) is 51.4 Å². The summed E-state index contributed by atoms with van der Waals surface area (Å²) < 4.78 is 21.4. The number of hydrogen-bond donors (Lipinski definition) is 8. The molecule has 8 N–H and O–H groups in total. The van der Waals surface area contributed by atoms with Gasteiger partial charge in [-0.3, -0.25) is 38.4 Å². The van der Waals surface area contributed by atoms with Crippen LogP contribution in [0.2, 0.25) is 0 Å². The van der Waals surface area contributed by atoms with Gasteiger partial charge in [0.1, 0.15) is 30.8 Å². The van der Waals surface area contributed by atoms with E-state index in [4.69, 9.17) is 34.3 Å². The number of ketones is 2. The van der Waals surface area contributed by atoms with Gasteiger partial charge in [-0.1, -0.05) is 71.1 Å². The molecule has 0 aliphatic heterocycles. The van der Waals surface area contributed by atoms with E-state index in [-0.39, 0.29) is 164 Å². The van der Waals surface area contributed by atoms with Crippen LogP contribution in [0.15, 0.2) is 0 Å². The zero-order valence-corrected chi connectivity index (χ0v) is 42.3. The summed E-state index contributed by atoms with van der Waals surface area (Å²) in [6.45, 7) is 2.78. The Hall–Kier alpha value is -4.22. The number of aliphatic hydroxyl groups is 1. The lowest BCUT2D eigenvalue weighted by Gasteiger charge is -2.15. The zero-order chi connectivity index (χ0) is 52.0. The minimum atomic E-state index is -1.17. The van der Waals surface area contributed by atoms with Crippen LogP contribution in [-0.4, -0.2) is 170 Å². The first-order valence-electron chi connectivity index (χ1n) is 25.0. The molecule has 0 aliphatic carbocycles. The number of ether oxygens (including phenoxy) is 4. The number of amides is 4. The fourth-order valence-electron chi connectivity index (χ4n) is 6.79. The number of carboxylic acid groups (broad SMARTS) is 3. The number of carbonyl (C=O) groups is 9. The van der Waals surface area contributed by atoms with Gasteiger partial charge in [0, 0.05) is 70.0 Å². The maximum atomic E-state index is 12.4. The molecule has 404 valence electrons. The molecule has 0 saturated carbocycles. The summed E-state index contributed by atoms with van der Waals surface area (Å²) in [4.78, 5) is 106. The molecule has 3 atom stereocenters. The summed E-state index contributed by atoms with van der Waals surface area (Å²) >= 11 is 1.29. The maximum Gasteiger partial charge on any atom is 0.326 e. The number of rotatable bonds is 51. The van der Waals surface area contributed by atoms with Crippen molar-refractivity contribution >= 4 is 64.9 Å². The number of unbranched alkanes of at least 4 members (excludes halogenated alkanes) is 11. The van der Waals surface area contributed by atoms with E-state index < -0.39 is 36.5 Å². The van der Waals surface area contributed by atoms with E-state index >= 15 is 0 Å². The van der Waals surface area contributed by atoms with Gasteiger partial charge in [0.2, 0.25) is 23.6 Å². The predicted molar refractivity (Wildman–Crippen MR) is 261 cm³/mol. The largest absolute Gasteiger partial charge is 0.481 e. The molecule has 21 nitrogen and oxygen atoms in total. The Bertz CT molecular complexity index is 1490. The van der Waals surface area contributed by atoms with Gasteiger partial charge < -0.3 is 60.6 Å². The second kappa shape index (κ2) is 45.9. The molecule has 0 aromatic heterocycles. The number of aliphatic hydroxyl groups excluding tert-OH is 1. The van der Waals surface area contributed by atoms with E-state index in [0.29, 0.717) is 25.0 Å². The summed E-state index contributed by atoms with van der Waals surface area (Å²) in [5.41, 5.74) is 0. The minimum Gasteiger partial charge on any atom is -0.481 e. The normalized spacial score (nSPS) is 12.4. The van der Waals surface area contributed by atoms with Crippen LogP contribution in [0, 0.1) is 11.8 Å². The Morgan fingerprint density at radius 3 is 1.53 bits per heavy atom. The second-order valence-electron chi connectivity index (χ2n) is 17.0. The minimum absolute atomic E-state index is 0.0145. The second-order valence-corrected chi connectivity index (χ2v) is 18.0. The number of hydrogen-bond acceptors (Lipinski definition) is 15. The van der Waals surface area contributed by atoms with E-state index in [1.165, 1.54) is 31.0 Å². The van der Waals surface area contributed by atoms with Crippen LogP contribution in [-0.2, 0) is 62.1 Å². The zero-order valence-electron chi connectivity index (χ0n) is 41.5. The first kappa shape index (κ1) is 65.8. The molecule has 70 heavy (non-hydrogen) atoms. The molecule has 0 fully saturated rings. The summed E-state index contributed by atoms with van der Waals surface area (Å²) in [7, 11) is 0. The molecule has 22 heteroatoms. The van der Waals surface area contributed by atoms with E-state index in [9.17, 15) is 48.3 Å². The van der Waals surface area contributed by atoms with Gasteiger partial charge in [0.15, 0.2) is 0 Å². The van der Waals surface area contributed by atoms with Crippen molar-refractivity contribution in [3.8, 4) is 0 Å². The molecule has 0 aromatic carbocycles. The quantitative estimate of drug-likeness (QED) is 0.0405. The van der Waals surface area contributed by atoms with Gasteiger partial charge in [-0.25, -0.2) is 4.79 Å². The van der Waals surface area contributed by atoms with Crippen LogP contribution >= 0.6 is 11.8 Å². The van der Waals surface area contributed by atoms with Crippen LogP contribution in [0.3, 0.4) is 0 Å².